The van der Waals surface area contributed by atoms with Gasteiger partial charge in [0.2, 0.25) is 0 Å². The first-order chi connectivity index (χ1) is 13.7. The minimum Gasteiger partial charge on any atom is -0.340 e. The van der Waals surface area contributed by atoms with Crippen molar-refractivity contribution in [3.8, 4) is 0 Å². The lowest BCUT2D eigenvalue weighted by atomic mass is 10.1. The van der Waals surface area contributed by atoms with Crippen molar-refractivity contribution >= 4 is 23.0 Å². The van der Waals surface area contributed by atoms with Gasteiger partial charge in [-0.15, -0.1) is 0 Å². The average molecular weight is 369 g/mol. The summed E-state index contributed by atoms with van der Waals surface area (Å²) in [6, 6.07) is 18.5. The number of aromatic nitrogens is 3. The quantitative estimate of drug-likeness (QED) is 0.432. The number of rotatable bonds is 5. The first-order valence-corrected chi connectivity index (χ1v) is 8.95. The highest BCUT2D eigenvalue weighted by molar-refractivity contribution is 6.01. The van der Waals surface area contributed by atoms with Gasteiger partial charge in [0.15, 0.2) is 0 Å². The number of hydrazone groups is 1. The van der Waals surface area contributed by atoms with Crippen LogP contribution in [0.5, 0.6) is 0 Å². The van der Waals surface area contributed by atoms with Gasteiger partial charge in [0.1, 0.15) is 5.69 Å². The van der Waals surface area contributed by atoms with Crippen molar-refractivity contribution in [3.63, 3.8) is 0 Å². The maximum Gasteiger partial charge on any atom is 0.291 e. The molecule has 4 rings (SSSR count). The molecule has 0 unspecified atom stereocenters. The molecule has 4 aromatic rings. The molecule has 2 heterocycles. The molecule has 138 valence electrons. The van der Waals surface area contributed by atoms with E-state index in [2.05, 4.69) is 56.3 Å². The van der Waals surface area contributed by atoms with Gasteiger partial charge in [0.05, 0.1) is 12.4 Å². The van der Waals surface area contributed by atoms with Gasteiger partial charge in [-0.05, 0) is 18.6 Å². The van der Waals surface area contributed by atoms with E-state index in [9.17, 15) is 4.79 Å². The second-order valence-corrected chi connectivity index (χ2v) is 6.38. The Hall–Kier alpha value is -3.80. The summed E-state index contributed by atoms with van der Waals surface area (Å²) in [7, 11) is 0. The Morgan fingerprint density at radius 3 is 2.68 bits per heavy atom. The Balaban J connectivity index is 1.64. The van der Waals surface area contributed by atoms with Gasteiger partial charge in [-0.1, -0.05) is 48.5 Å². The largest absolute Gasteiger partial charge is 0.340 e. The van der Waals surface area contributed by atoms with Crippen molar-refractivity contribution < 1.29 is 4.79 Å². The average Bonchev–Trinajstić information content (AvgIpc) is 3.01. The van der Waals surface area contributed by atoms with Crippen LogP contribution in [0.25, 0.3) is 10.9 Å². The summed E-state index contributed by atoms with van der Waals surface area (Å²) in [5, 5.41) is 5.23. The van der Waals surface area contributed by atoms with Crippen molar-refractivity contribution in [1.82, 2.24) is 20.0 Å². The highest BCUT2D eigenvalue weighted by Gasteiger charge is 2.13. The van der Waals surface area contributed by atoms with Crippen molar-refractivity contribution in [2.45, 2.75) is 13.5 Å². The number of amides is 1. The first-order valence-electron chi connectivity index (χ1n) is 8.95. The van der Waals surface area contributed by atoms with E-state index in [-0.39, 0.29) is 5.69 Å². The molecular formula is C22H19N5O. The molecule has 0 aliphatic rings. The van der Waals surface area contributed by atoms with Gasteiger partial charge in [0, 0.05) is 41.1 Å². The maximum atomic E-state index is 12.1. The number of fused-ring (bicyclic) bond motifs is 1. The van der Waals surface area contributed by atoms with Gasteiger partial charge in [0.25, 0.3) is 5.91 Å². The van der Waals surface area contributed by atoms with Crippen LogP contribution in [0.15, 0.2) is 78.3 Å². The molecule has 0 spiro atoms. The minimum absolute atomic E-state index is 0.225. The predicted molar refractivity (Wildman–Crippen MR) is 109 cm³/mol. The second-order valence-electron chi connectivity index (χ2n) is 6.38. The van der Waals surface area contributed by atoms with E-state index >= 15 is 0 Å². The molecule has 0 aliphatic carbocycles. The second kappa shape index (κ2) is 7.84. The Morgan fingerprint density at radius 2 is 1.89 bits per heavy atom. The first kappa shape index (κ1) is 17.6. The summed E-state index contributed by atoms with van der Waals surface area (Å²) in [5.74, 6) is -0.393. The zero-order valence-corrected chi connectivity index (χ0v) is 15.4. The van der Waals surface area contributed by atoms with Gasteiger partial charge in [-0.3, -0.25) is 9.78 Å². The predicted octanol–water partition coefficient (Wildman–Crippen LogP) is 3.55. The number of para-hydroxylation sites is 1. The number of nitrogens with one attached hydrogen (secondary N) is 1. The molecule has 0 bridgehead atoms. The van der Waals surface area contributed by atoms with E-state index in [0.717, 1.165) is 28.7 Å². The summed E-state index contributed by atoms with van der Waals surface area (Å²) in [4.78, 5) is 20.0. The van der Waals surface area contributed by atoms with Gasteiger partial charge < -0.3 is 4.57 Å². The van der Waals surface area contributed by atoms with Crippen molar-refractivity contribution in [3.05, 3.63) is 95.7 Å². The smallest absolute Gasteiger partial charge is 0.291 e. The zero-order valence-electron chi connectivity index (χ0n) is 15.4. The minimum atomic E-state index is -0.393. The van der Waals surface area contributed by atoms with Crippen LogP contribution in [0, 0.1) is 6.92 Å². The van der Waals surface area contributed by atoms with E-state index in [0.29, 0.717) is 0 Å². The molecule has 0 saturated carbocycles. The Morgan fingerprint density at radius 1 is 1.11 bits per heavy atom. The molecule has 0 saturated heterocycles. The summed E-state index contributed by atoms with van der Waals surface area (Å²) < 4.78 is 2.26. The molecular weight excluding hydrogens is 350 g/mol. The zero-order chi connectivity index (χ0) is 19.3. The standard InChI is InChI=1S/C22H19N5O/c1-16-19(13-25-26-22(28)20-14-23-11-12-24-20)18-9-5-6-10-21(18)27(16)15-17-7-3-2-4-8-17/h2-14H,15H2,1H3,(H,26,28)/b25-13-. The van der Waals surface area contributed by atoms with E-state index in [1.807, 2.05) is 30.3 Å². The highest BCUT2D eigenvalue weighted by atomic mass is 16.2. The molecule has 2 aromatic carbocycles. The molecule has 0 aliphatic heterocycles. The SMILES string of the molecule is Cc1c(/C=N\NC(=O)c2cnccn2)c2ccccc2n1Cc1ccccc1. The molecule has 0 fully saturated rings. The fourth-order valence-corrected chi connectivity index (χ4v) is 3.22. The Bertz CT molecular complexity index is 1130. The Labute approximate surface area is 162 Å². The number of hydrogen-bond donors (Lipinski definition) is 1. The van der Waals surface area contributed by atoms with E-state index in [4.69, 9.17) is 0 Å². The van der Waals surface area contributed by atoms with Crippen LogP contribution in [0.2, 0.25) is 0 Å². The van der Waals surface area contributed by atoms with Crippen LogP contribution in [0.3, 0.4) is 0 Å². The van der Waals surface area contributed by atoms with Crippen LogP contribution in [-0.4, -0.2) is 26.7 Å². The highest BCUT2D eigenvalue weighted by Crippen LogP contribution is 2.25. The van der Waals surface area contributed by atoms with Crippen LogP contribution >= 0.6 is 0 Å². The van der Waals surface area contributed by atoms with Crippen LogP contribution in [0.1, 0.15) is 27.3 Å². The maximum absolute atomic E-state index is 12.1. The lowest BCUT2D eigenvalue weighted by molar-refractivity contribution is 0.0949. The molecule has 0 radical (unpaired) electrons. The summed E-state index contributed by atoms with van der Waals surface area (Å²) in [5.41, 5.74) is 7.16. The molecule has 0 atom stereocenters. The molecule has 6 nitrogen and oxygen atoms in total. The van der Waals surface area contributed by atoms with Gasteiger partial charge >= 0.3 is 0 Å². The monoisotopic (exact) mass is 369 g/mol. The van der Waals surface area contributed by atoms with Crippen LogP contribution in [-0.2, 0) is 6.54 Å². The number of carbonyl (C=O) groups excluding carboxylic acids is 1. The summed E-state index contributed by atoms with van der Waals surface area (Å²) >= 11 is 0. The third-order valence-corrected chi connectivity index (χ3v) is 4.62. The van der Waals surface area contributed by atoms with E-state index < -0.39 is 5.91 Å². The number of hydrogen-bond acceptors (Lipinski definition) is 4. The lowest BCUT2D eigenvalue weighted by Gasteiger charge is -2.08. The number of nitrogens with zero attached hydrogens (tertiary/aromatic N) is 4. The molecule has 2 aromatic heterocycles. The van der Waals surface area contributed by atoms with Crippen LogP contribution < -0.4 is 5.43 Å². The molecule has 6 heteroatoms. The fourth-order valence-electron chi connectivity index (χ4n) is 3.22. The normalized spacial score (nSPS) is 11.2. The Kier molecular flexibility index (Phi) is 4.93. The van der Waals surface area contributed by atoms with Crippen molar-refractivity contribution in [1.29, 1.82) is 0 Å². The van der Waals surface area contributed by atoms with Crippen molar-refractivity contribution in [2.75, 3.05) is 0 Å². The summed E-state index contributed by atoms with van der Waals surface area (Å²) in [6.45, 7) is 2.84. The third-order valence-electron chi connectivity index (χ3n) is 4.62. The van der Waals surface area contributed by atoms with Gasteiger partial charge in [-0.25, -0.2) is 10.4 Å². The van der Waals surface area contributed by atoms with Crippen molar-refractivity contribution in [2.24, 2.45) is 5.10 Å². The topological polar surface area (TPSA) is 72.2 Å². The van der Waals surface area contributed by atoms with Crippen LogP contribution in [0.4, 0.5) is 0 Å². The van der Waals surface area contributed by atoms with Gasteiger partial charge in [-0.2, -0.15) is 5.10 Å². The molecule has 28 heavy (non-hydrogen) atoms. The number of carbonyl (C=O) groups is 1. The molecule has 1 N–H and O–H groups in total. The third kappa shape index (κ3) is 3.53. The van der Waals surface area contributed by atoms with E-state index in [1.54, 1.807) is 6.21 Å². The lowest BCUT2D eigenvalue weighted by Crippen LogP contribution is -2.19. The van der Waals surface area contributed by atoms with E-state index in [1.165, 1.54) is 24.2 Å². The number of benzene rings is 2. The fraction of sp³-hybridized carbons (Fsp3) is 0.0909. The summed E-state index contributed by atoms with van der Waals surface area (Å²) in [6.07, 6.45) is 6.08. The molecule has 1 amide bonds.